The van der Waals surface area contributed by atoms with E-state index in [0.717, 1.165) is 5.56 Å². The summed E-state index contributed by atoms with van der Waals surface area (Å²) in [6.07, 6.45) is -0.417. The molecule has 7 nitrogen and oxygen atoms in total. The fourth-order valence-corrected chi connectivity index (χ4v) is 4.17. The third kappa shape index (κ3) is 4.67. The Balaban J connectivity index is 2.25. The molecule has 0 aliphatic heterocycles. The maximum Gasteiger partial charge on any atom is 0.271 e. The maximum absolute atomic E-state index is 12.3. The normalized spacial score (nSPS) is 12.6. The number of hydrogen-bond donors (Lipinski definition) is 4. The lowest BCUT2D eigenvalue weighted by molar-refractivity contribution is -0.0464. The van der Waals surface area contributed by atoms with E-state index < -0.39 is 12.3 Å². The molecule has 1 unspecified atom stereocenters. The molecule has 0 aliphatic rings. The summed E-state index contributed by atoms with van der Waals surface area (Å²) < 4.78 is 2.26. The first-order valence-corrected chi connectivity index (χ1v) is 10.3. The van der Waals surface area contributed by atoms with Gasteiger partial charge in [0.05, 0.1) is 16.8 Å². The number of halogens is 3. The molecule has 1 atom stereocenters. The number of aliphatic hydroxyl groups excluding tert-OH is 1. The molecule has 0 saturated carbocycles. The van der Waals surface area contributed by atoms with Crippen LogP contribution in [0.25, 0.3) is 0 Å². The van der Waals surface area contributed by atoms with E-state index in [-0.39, 0.29) is 23.0 Å². The molecule has 3 aromatic rings. The number of aromatic amines is 1. The number of nitrogens with zero attached hydrogens (tertiary/aromatic N) is 2. The van der Waals surface area contributed by atoms with Crippen LogP contribution >= 0.6 is 39.1 Å². The molecule has 3 rings (SSSR count). The van der Waals surface area contributed by atoms with Crippen LogP contribution in [0, 0.1) is 0 Å². The van der Waals surface area contributed by atoms with Gasteiger partial charge in [0.25, 0.3) is 5.56 Å². The Kier molecular flexibility index (Phi) is 6.70. The van der Waals surface area contributed by atoms with Crippen LogP contribution in [0.5, 0.6) is 0 Å². The molecular weight excluding hydrogens is 483 g/mol. The van der Waals surface area contributed by atoms with E-state index >= 15 is 0 Å². The number of imidazole rings is 1. The topological polar surface area (TPSA) is 103 Å². The van der Waals surface area contributed by atoms with Crippen molar-refractivity contribution in [3.05, 3.63) is 78.6 Å². The lowest BCUT2D eigenvalue weighted by Crippen LogP contribution is -2.24. The Morgan fingerprint density at radius 2 is 1.83 bits per heavy atom. The highest BCUT2D eigenvalue weighted by Gasteiger charge is 2.30. The summed E-state index contributed by atoms with van der Waals surface area (Å²) in [6, 6.07) is 7.81. The zero-order chi connectivity index (χ0) is 21.3. The average Bonchev–Trinajstić information content (AvgIpc) is 3.01. The molecule has 0 saturated heterocycles. The summed E-state index contributed by atoms with van der Waals surface area (Å²) in [5, 5.41) is 24.0. The first-order valence-electron chi connectivity index (χ1n) is 8.73. The molecule has 0 aliphatic carbocycles. The van der Waals surface area contributed by atoms with Gasteiger partial charge < -0.3 is 25.1 Å². The summed E-state index contributed by atoms with van der Waals surface area (Å²) in [5.41, 5.74) is 1.16. The van der Waals surface area contributed by atoms with E-state index in [1.165, 1.54) is 12.3 Å². The first-order chi connectivity index (χ1) is 13.7. The van der Waals surface area contributed by atoms with Gasteiger partial charge in [-0.1, -0.05) is 35.3 Å². The molecule has 29 heavy (non-hydrogen) atoms. The Morgan fingerprint density at radius 3 is 2.41 bits per heavy atom. The van der Waals surface area contributed by atoms with Gasteiger partial charge in [0.2, 0.25) is 0 Å². The van der Waals surface area contributed by atoms with Crippen molar-refractivity contribution < 1.29 is 10.2 Å². The van der Waals surface area contributed by atoms with Crippen LogP contribution in [0.15, 0.2) is 46.1 Å². The minimum atomic E-state index is -1.81. The van der Waals surface area contributed by atoms with Crippen molar-refractivity contribution >= 4 is 44.8 Å². The van der Waals surface area contributed by atoms with Crippen LogP contribution in [-0.2, 0) is 0 Å². The number of anilines is 1. The molecule has 2 aromatic heterocycles. The minimum Gasteiger partial charge on any atom is -0.368 e. The molecule has 4 N–H and O–H groups in total. The molecule has 0 amide bonds. The summed E-state index contributed by atoms with van der Waals surface area (Å²) in [6.45, 7) is 3.88. The number of H-pyrrole nitrogens is 1. The number of rotatable bonds is 6. The number of benzene rings is 1. The van der Waals surface area contributed by atoms with Gasteiger partial charge >= 0.3 is 0 Å². The second kappa shape index (κ2) is 8.89. The zero-order valence-corrected chi connectivity index (χ0v) is 18.6. The highest BCUT2D eigenvalue weighted by molar-refractivity contribution is 9.10. The number of nitrogens with one attached hydrogen (secondary N) is 2. The lowest BCUT2D eigenvalue weighted by Gasteiger charge is -2.25. The number of hydrogen-bond acceptors (Lipinski definition) is 5. The maximum atomic E-state index is 12.3. The van der Waals surface area contributed by atoms with Crippen molar-refractivity contribution in [1.82, 2.24) is 14.5 Å². The third-order valence-corrected chi connectivity index (χ3v) is 5.37. The second-order valence-electron chi connectivity index (χ2n) is 6.68. The highest BCUT2D eigenvalue weighted by atomic mass is 79.9. The third-order valence-electron chi connectivity index (χ3n) is 4.34. The van der Waals surface area contributed by atoms with Gasteiger partial charge in [-0.3, -0.25) is 4.79 Å². The number of aromatic nitrogens is 3. The predicted molar refractivity (Wildman–Crippen MR) is 116 cm³/mol. The van der Waals surface area contributed by atoms with Gasteiger partial charge in [-0.2, -0.15) is 0 Å². The lowest BCUT2D eigenvalue weighted by atomic mass is 10.0. The van der Waals surface area contributed by atoms with E-state index in [0.29, 0.717) is 20.5 Å². The van der Waals surface area contributed by atoms with Gasteiger partial charge in [-0.25, -0.2) is 4.98 Å². The van der Waals surface area contributed by atoms with Gasteiger partial charge in [-0.15, -0.1) is 0 Å². The van der Waals surface area contributed by atoms with E-state index in [9.17, 15) is 15.0 Å². The predicted octanol–water partition coefficient (Wildman–Crippen LogP) is 4.41. The molecule has 0 fully saturated rings. The largest absolute Gasteiger partial charge is 0.368 e. The molecule has 0 bridgehead atoms. The number of pyridine rings is 1. The molecule has 2 heterocycles. The van der Waals surface area contributed by atoms with Gasteiger partial charge in [0, 0.05) is 17.3 Å². The summed E-state index contributed by atoms with van der Waals surface area (Å²) in [4.78, 5) is 19.2. The quantitative estimate of drug-likeness (QED) is 0.375. The monoisotopic (exact) mass is 500 g/mol. The fraction of sp³-hybridized carbons (Fsp3) is 0.263. The van der Waals surface area contributed by atoms with E-state index in [1.54, 1.807) is 24.3 Å². The molecule has 10 heteroatoms. The Bertz CT molecular complexity index is 1060. The fourth-order valence-electron chi connectivity index (χ4n) is 3.09. The standard InChI is InChI=1S/C19H19BrCl2N4O3/c1-9(2)26-16(15(18(28)29)25-19(26)20)14(10-3-5-11(21)6-4-10)24-13-7-12(22)8-23-17(13)27/h3-9,14,18,24,28-29H,1-2H3,(H,23,27). The summed E-state index contributed by atoms with van der Waals surface area (Å²) >= 11 is 15.5. The van der Waals surface area contributed by atoms with Crippen LogP contribution in [-0.4, -0.2) is 24.7 Å². The van der Waals surface area contributed by atoms with Crippen LogP contribution in [0.4, 0.5) is 5.69 Å². The van der Waals surface area contributed by atoms with E-state index in [4.69, 9.17) is 23.2 Å². The Morgan fingerprint density at radius 1 is 1.17 bits per heavy atom. The van der Waals surface area contributed by atoms with E-state index in [1.807, 2.05) is 18.4 Å². The van der Waals surface area contributed by atoms with Crippen LogP contribution < -0.4 is 10.9 Å². The first kappa shape index (κ1) is 21.9. The van der Waals surface area contributed by atoms with E-state index in [2.05, 4.69) is 31.2 Å². The van der Waals surface area contributed by atoms with Crippen LogP contribution in [0.2, 0.25) is 10.0 Å². The average molecular weight is 502 g/mol. The smallest absolute Gasteiger partial charge is 0.271 e. The van der Waals surface area contributed by atoms with Crippen LogP contribution in [0.3, 0.4) is 0 Å². The van der Waals surface area contributed by atoms with Gasteiger partial charge in [0.1, 0.15) is 11.4 Å². The zero-order valence-electron chi connectivity index (χ0n) is 15.5. The van der Waals surface area contributed by atoms with Crippen LogP contribution in [0.1, 0.15) is 49.2 Å². The molecule has 0 radical (unpaired) electrons. The van der Waals surface area contributed by atoms with Gasteiger partial charge in [-0.05, 0) is 53.5 Å². The second-order valence-corrected chi connectivity index (χ2v) is 8.26. The SMILES string of the molecule is CC(C)n1c(Br)nc(C(O)O)c1C(Nc1cc(Cl)c[nH]c1=O)c1ccc(Cl)cc1. The van der Waals surface area contributed by atoms with Crippen molar-refractivity contribution in [2.75, 3.05) is 5.32 Å². The van der Waals surface area contributed by atoms with Gasteiger partial charge in [0.15, 0.2) is 11.0 Å². The Labute approximate surface area is 185 Å². The van der Waals surface area contributed by atoms with Crippen molar-refractivity contribution in [2.24, 2.45) is 0 Å². The van der Waals surface area contributed by atoms with Crippen molar-refractivity contribution in [1.29, 1.82) is 0 Å². The molecule has 154 valence electrons. The highest BCUT2D eigenvalue weighted by Crippen LogP contribution is 2.35. The minimum absolute atomic E-state index is 0.0615. The molecular formula is C19H19BrCl2N4O3. The summed E-state index contributed by atoms with van der Waals surface area (Å²) in [5.74, 6) is 0. The van der Waals surface area contributed by atoms with Crippen molar-refractivity contribution in [3.63, 3.8) is 0 Å². The summed E-state index contributed by atoms with van der Waals surface area (Å²) in [7, 11) is 0. The van der Waals surface area contributed by atoms with Crippen molar-refractivity contribution in [2.45, 2.75) is 32.2 Å². The molecule has 1 aromatic carbocycles. The Hall–Kier alpha value is -1.84. The molecule has 0 spiro atoms. The number of aliphatic hydroxyl groups is 2. The van der Waals surface area contributed by atoms with Crippen molar-refractivity contribution in [3.8, 4) is 0 Å².